The van der Waals surface area contributed by atoms with Crippen molar-refractivity contribution in [2.24, 2.45) is 5.92 Å². The molecule has 0 radical (unpaired) electrons. The van der Waals surface area contributed by atoms with Crippen LogP contribution in [0, 0.1) is 5.92 Å². The minimum Gasteiger partial charge on any atom is -0.494 e. The SMILES string of the molecule is CCOc1ccc(C(F)(F)C2CCCNC2)cc1. The van der Waals surface area contributed by atoms with Crippen LogP contribution < -0.4 is 10.1 Å². The fourth-order valence-electron chi connectivity index (χ4n) is 2.34. The van der Waals surface area contributed by atoms with Gasteiger partial charge in [0.2, 0.25) is 0 Å². The van der Waals surface area contributed by atoms with Gasteiger partial charge >= 0.3 is 0 Å². The molecule has 4 heteroatoms. The average molecular weight is 255 g/mol. The molecule has 1 fully saturated rings. The highest BCUT2D eigenvalue weighted by molar-refractivity contribution is 5.30. The zero-order valence-electron chi connectivity index (χ0n) is 10.6. The van der Waals surface area contributed by atoms with Crippen LogP contribution in [0.4, 0.5) is 8.78 Å². The van der Waals surface area contributed by atoms with E-state index < -0.39 is 11.8 Å². The minimum atomic E-state index is -2.77. The van der Waals surface area contributed by atoms with E-state index in [-0.39, 0.29) is 5.56 Å². The first-order valence-corrected chi connectivity index (χ1v) is 6.46. The molecule has 1 aliphatic heterocycles. The summed E-state index contributed by atoms with van der Waals surface area (Å²) in [5, 5.41) is 3.04. The lowest BCUT2D eigenvalue weighted by atomic mass is 9.88. The lowest BCUT2D eigenvalue weighted by Crippen LogP contribution is -2.39. The molecule has 1 aliphatic rings. The molecule has 1 aromatic carbocycles. The second kappa shape index (κ2) is 5.65. The van der Waals surface area contributed by atoms with Gasteiger partial charge in [0.25, 0.3) is 5.92 Å². The zero-order chi connectivity index (χ0) is 13.0. The lowest BCUT2D eigenvalue weighted by molar-refractivity contribution is -0.0724. The monoisotopic (exact) mass is 255 g/mol. The van der Waals surface area contributed by atoms with Gasteiger partial charge in [-0.15, -0.1) is 0 Å². The maximum absolute atomic E-state index is 14.3. The number of halogens is 2. The summed E-state index contributed by atoms with van der Waals surface area (Å²) in [5.74, 6) is -2.74. The van der Waals surface area contributed by atoms with Gasteiger partial charge in [0.05, 0.1) is 6.61 Å². The molecule has 100 valence electrons. The zero-order valence-corrected chi connectivity index (χ0v) is 10.6. The first-order valence-electron chi connectivity index (χ1n) is 6.46. The van der Waals surface area contributed by atoms with Crippen LogP contribution in [0.5, 0.6) is 5.75 Å². The summed E-state index contributed by atoms with van der Waals surface area (Å²) >= 11 is 0. The third-order valence-electron chi connectivity index (χ3n) is 3.36. The van der Waals surface area contributed by atoms with Crippen molar-refractivity contribution < 1.29 is 13.5 Å². The molecule has 1 heterocycles. The van der Waals surface area contributed by atoms with Gasteiger partial charge in [-0.2, -0.15) is 0 Å². The molecule has 1 aromatic rings. The third kappa shape index (κ3) is 2.80. The Kier molecular flexibility index (Phi) is 4.17. The van der Waals surface area contributed by atoms with E-state index in [1.165, 1.54) is 12.1 Å². The van der Waals surface area contributed by atoms with Crippen molar-refractivity contribution in [3.05, 3.63) is 29.8 Å². The van der Waals surface area contributed by atoms with Crippen LogP contribution in [0.25, 0.3) is 0 Å². The highest BCUT2D eigenvalue weighted by atomic mass is 19.3. The summed E-state index contributed by atoms with van der Waals surface area (Å²) in [4.78, 5) is 0. The molecule has 0 aromatic heterocycles. The number of piperidine rings is 1. The molecule has 1 N–H and O–H groups in total. The molecule has 0 spiro atoms. The van der Waals surface area contributed by atoms with Gasteiger partial charge in [0.15, 0.2) is 0 Å². The molecule has 0 amide bonds. The number of benzene rings is 1. The summed E-state index contributed by atoms with van der Waals surface area (Å²) in [6.07, 6.45) is 1.39. The molecule has 2 rings (SSSR count). The van der Waals surface area contributed by atoms with Crippen molar-refractivity contribution in [3.8, 4) is 5.75 Å². The Morgan fingerprint density at radius 1 is 1.33 bits per heavy atom. The van der Waals surface area contributed by atoms with E-state index in [0.717, 1.165) is 13.0 Å². The van der Waals surface area contributed by atoms with E-state index in [9.17, 15) is 8.78 Å². The summed E-state index contributed by atoms with van der Waals surface area (Å²) < 4.78 is 33.8. The fraction of sp³-hybridized carbons (Fsp3) is 0.571. The summed E-state index contributed by atoms with van der Waals surface area (Å²) in [6, 6.07) is 6.17. The van der Waals surface area contributed by atoms with Crippen molar-refractivity contribution >= 4 is 0 Å². The van der Waals surface area contributed by atoms with Gasteiger partial charge in [0.1, 0.15) is 5.75 Å². The van der Waals surface area contributed by atoms with Crippen molar-refractivity contribution in [3.63, 3.8) is 0 Å². The first-order chi connectivity index (χ1) is 8.64. The lowest BCUT2D eigenvalue weighted by Gasteiger charge is -2.30. The van der Waals surface area contributed by atoms with Crippen molar-refractivity contribution in [2.75, 3.05) is 19.7 Å². The Balaban J connectivity index is 2.12. The molecule has 0 saturated carbocycles. The van der Waals surface area contributed by atoms with Crippen LogP contribution in [0.3, 0.4) is 0 Å². The van der Waals surface area contributed by atoms with Crippen molar-refractivity contribution in [1.82, 2.24) is 5.32 Å². The van der Waals surface area contributed by atoms with Gasteiger partial charge in [-0.25, -0.2) is 8.78 Å². The molecule has 0 bridgehead atoms. The molecular weight excluding hydrogens is 236 g/mol. The number of hydrogen-bond acceptors (Lipinski definition) is 2. The topological polar surface area (TPSA) is 21.3 Å². The van der Waals surface area contributed by atoms with Gasteiger partial charge in [-0.3, -0.25) is 0 Å². The van der Waals surface area contributed by atoms with E-state index >= 15 is 0 Å². The standard InChI is InChI=1S/C14H19F2NO/c1-2-18-13-7-5-11(6-8-13)14(15,16)12-4-3-9-17-10-12/h5-8,12,17H,2-4,9-10H2,1H3. The number of rotatable bonds is 4. The maximum atomic E-state index is 14.3. The van der Waals surface area contributed by atoms with E-state index in [2.05, 4.69) is 5.32 Å². The van der Waals surface area contributed by atoms with E-state index in [1.54, 1.807) is 12.1 Å². The van der Waals surface area contributed by atoms with Gasteiger partial charge in [0, 0.05) is 18.0 Å². The normalized spacial score (nSPS) is 20.7. The minimum absolute atomic E-state index is 0.0830. The molecule has 1 unspecified atom stereocenters. The highest BCUT2D eigenvalue weighted by Crippen LogP contribution is 2.39. The number of hydrogen-bond donors (Lipinski definition) is 1. The van der Waals surface area contributed by atoms with Crippen molar-refractivity contribution in [1.29, 1.82) is 0 Å². The Morgan fingerprint density at radius 2 is 2.06 bits per heavy atom. The van der Waals surface area contributed by atoms with Crippen LogP contribution in [-0.4, -0.2) is 19.7 Å². The van der Waals surface area contributed by atoms with Crippen LogP contribution in [0.15, 0.2) is 24.3 Å². The Hall–Kier alpha value is -1.16. The number of ether oxygens (including phenoxy) is 1. The van der Waals surface area contributed by atoms with Crippen LogP contribution in [0.1, 0.15) is 25.3 Å². The van der Waals surface area contributed by atoms with Crippen LogP contribution in [0.2, 0.25) is 0 Å². The Labute approximate surface area is 106 Å². The third-order valence-corrected chi connectivity index (χ3v) is 3.36. The van der Waals surface area contributed by atoms with Crippen LogP contribution in [-0.2, 0) is 5.92 Å². The first kappa shape index (κ1) is 13.3. The molecule has 1 saturated heterocycles. The van der Waals surface area contributed by atoms with Gasteiger partial charge in [-0.05, 0) is 50.6 Å². The average Bonchev–Trinajstić information content (AvgIpc) is 2.41. The van der Waals surface area contributed by atoms with Gasteiger partial charge in [-0.1, -0.05) is 0 Å². The van der Waals surface area contributed by atoms with E-state index in [1.807, 2.05) is 6.92 Å². The summed E-state index contributed by atoms with van der Waals surface area (Å²) in [6.45, 7) is 3.65. The molecule has 18 heavy (non-hydrogen) atoms. The summed E-state index contributed by atoms with van der Waals surface area (Å²) in [5.41, 5.74) is 0.0830. The smallest absolute Gasteiger partial charge is 0.277 e. The summed E-state index contributed by atoms with van der Waals surface area (Å²) in [7, 11) is 0. The quantitative estimate of drug-likeness (QED) is 0.892. The number of nitrogens with one attached hydrogen (secondary N) is 1. The van der Waals surface area contributed by atoms with E-state index in [0.29, 0.717) is 25.3 Å². The maximum Gasteiger partial charge on any atom is 0.277 e. The molecule has 2 nitrogen and oxygen atoms in total. The largest absolute Gasteiger partial charge is 0.494 e. The molecule has 1 atom stereocenters. The molecule has 0 aliphatic carbocycles. The van der Waals surface area contributed by atoms with Crippen LogP contribution >= 0.6 is 0 Å². The Bertz CT molecular complexity index is 372. The van der Waals surface area contributed by atoms with Gasteiger partial charge < -0.3 is 10.1 Å². The fourth-order valence-corrected chi connectivity index (χ4v) is 2.34. The predicted octanol–water partition coefficient (Wildman–Crippen LogP) is 3.18. The van der Waals surface area contributed by atoms with Crippen molar-refractivity contribution in [2.45, 2.75) is 25.7 Å². The molecular formula is C14H19F2NO. The Morgan fingerprint density at radius 3 is 2.61 bits per heavy atom. The van der Waals surface area contributed by atoms with E-state index in [4.69, 9.17) is 4.74 Å². The second-order valence-electron chi connectivity index (χ2n) is 4.62. The second-order valence-corrected chi connectivity index (χ2v) is 4.62. The predicted molar refractivity (Wildman–Crippen MR) is 67.1 cm³/mol. The highest BCUT2D eigenvalue weighted by Gasteiger charge is 2.41. The number of alkyl halides is 2.